The molecule has 13 atom stereocenters. The summed E-state index contributed by atoms with van der Waals surface area (Å²) in [7, 11) is 2.31. The third-order valence-electron chi connectivity index (χ3n) is 15.1. The van der Waals surface area contributed by atoms with Gasteiger partial charge in [0.1, 0.15) is 0 Å². The second kappa shape index (κ2) is 12.6. The number of aryl methyl sites for hydroxylation is 1. The molecule has 4 nitrogen and oxygen atoms in total. The van der Waals surface area contributed by atoms with Crippen molar-refractivity contribution in [2.24, 2.45) is 52.3 Å². The molecule has 6 aliphatic rings. The quantitative estimate of drug-likeness (QED) is 0.324. The summed E-state index contributed by atoms with van der Waals surface area (Å²) in [5, 5.41) is 3.61. The fourth-order valence-electron chi connectivity index (χ4n) is 12.4. The fraction of sp³-hybridized carbons (Fsp3) is 0.850. The molecule has 6 fully saturated rings. The van der Waals surface area contributed by atoms with Gasteiger partial charge in [0, 0.05) is 25.7 Å². The van der Waals surface area contributed by atoms with Gasteiger partial charge >= 0.3 is 0 Å². The van der Waals surface area contributed by atoms with Crippen molar-refractivity contribution in [3.63, 3.8) is 0 Å². The molecule has 0 amide bonds. The molecule has 0 bridgehead atoms. The average Bonchev–Trinajstić information content (AvgIpc) is 3.49. The van der Waals surface area contributed by atoms with Crippen molar-refractivity contribution >= 4 is 0 Å². The number of nitrogens with zero attached hydrogens (tertiary/aromatic N) is 1. The standard InChI is InChI=1S/C40H64N2O2/c1-26-7-10-29(11-8-26)25-43-32-15-17-39(4)30(22-32)12-13-33-34(39)16-18-40(5)35(33)23-37-38(40)28(3)36(44-37)14-9-27(2)21-31-24-41-19-20-42(31)6/h7-8,10-11,27-28,30-38,41H,9,12-25H2,1-6H3/t27-,28+,30+,31?,32-,33+,34-,35-,36+,37-,38-,39-,40-/m0/s1. The fourth-order valence-corrected chi connectivity index (χ4v) is 12.4. The minimum Gasteiger partial charge on any atom is -0.374 e. The van der Waals surface area contributed by atoms with E-state index in [4.69, 9.17) is 9.47 Å². The first kappa shape index (κ1) is 31.6. The second-order valence-electron chi connectivity index (χ2n) is 17.5. The molecule has 1 aromatic rings. The van der Waals surface area contributed by atoms with Crippen LogP contribution < -0.4 is 5.32 Å². The van der Waals surface area contributed by atoms with Crippen molar-refractivity contribution in [2.45, 2.75) is 136 Å². The lowest BCUT2D eigenvalue weighted by Gasteiger charge is -2.61. The summed E-state index contributed by atoms with van der Waals surface area (Å²) in [6.45, 7) is 16.9. The molecule has 0 aromatic heterocycles. The van der Waals surface area contributed by atoms with Gasteiger partial charge < -0.3 is 19.7 Å². The van der Waals surface area contributed by atoms with Crippen LogP contribution in [0.5, 0.6) is 0 Å². The van der Waals surface area contributed by atoms with E-state index in [1.165, 1.54) is 88.3 Å². The molecule has 2 aliphatic heterocycles. The zero-order chi connectivity index (χ0) is 30.6. The topological polar surface area (TPSA) is 33.7 Å². The summed E-state index contributed by atoms with van der Waals surface area (Å²) in [4.78, 5) is 2.57. The second-order valence-corrected chi connectivity index (χ2v) is 17.5. The van der Waals surface area contributed by atoms with Crippen LogP contribution in [0.2, 0.25) is 0 Å². The van der Waals surface area contributed by atoms with E-state index < -0.39 is 0 Å². The van der Waals surface area contributed by atoms with E-state index in [1.54, 1.807) is 0 Å². The lowest BCUT2D eigenvalue weighted by Crippen LogP contribution is -2.54. The van der Waals surface area contributed by atoms with Crippen LogP contribution >= 0.6 is 0 Å². The number of hydrogen-bond acceptors (Lipinski definition) is 4. The van der Waals surface area contributed by atoms with Crippen LogP contribution in [-0.2, 0) is 16.1 Å². The van der Waals surface area contributed by atoms with Crippen LogP contribution in [0.4, 0.5) is 0 Å². The molecule has 44 heavy (non-hydrogen) atoms. The number of fused-ring (bicyclic) bond motifs is 7. The van der Waals surface area contributed by atoms with E-state index in [0.29, 0.717) is 41.1 Å². The Balaban J connectivity index is 0.940. The van der Waals surface area contributed by atoms with Crippen LogP contribution in [0, 0.1) is 59.2 Å². The molecular formula is C40H64N2O2. The smallest absolute Gasteiger partial charge is 0.0720 e. The summed E-state index contributed by atoms with van der Waals surface area (Å²) in [5.74, 6) is 5.82. The van der Waals surface area contributed by atoms with Crippen molar-refractivity contribution in [3.8, 4) is 0 Å². The van der Waals surface area contributed by atoms with Crippen LogP contribution in [-0.4, -0.2) is 55.9 Å². The summed E-state index contributed by atoms with van der Waals surface area (Å²) in [6, 6.07) is 9.62. The highest BCUT2D eigenvalue weighted by Crippen LogP contribution is 2.70. The molecule has 246 valence electrons. The lowest BCUT2D eigenvalue weighted by molar-refractivity contribution is -0.139. The van der Waals surface area contributed by atoms with Crippen LogP contribution in [0.3, 0.4) is 0 Å². The maximum absolute atomic E-state index is 7.07. The molecular weight excluding hydrogens is 540 g/mol. The van der Waals surface area contributed by atoms with Crippen molar-refractivity contribution in [3.05, 3.63) is 35.4 Å². The highest BCUT2D eigenvalue weighted by Gasteiger charge is 2.65. The SMILES string of the molecule is Cc1ccc(CO[C@H]2CC[C@@]3(C)[C@H](CC[C@@H]4[C@@H]3CC[C@]3(C)[C@H]5[C@H](C)[C@@H](CC[C@H](C)CC6CNCCN6C)O[C@H]5C[C@@H]43)C2)cc1. The Morgan fingerprint density at radius 3 is 2.61 bits per heavy atom. The molecule has 4 heteroatoms. The lowest BCUT2D eigenvalue weighted by atomic mass is 9.44. The number of hydrogen-bond donors (Lipinski definition) is 1. The zero-order valence-electron chi connectivity index (χ0n) is 29.0. The highest BCUT2D eigenvalue weighted by atomic mass is 16.5. The third kappa shape index (κ3) is 5.75. The number of ether oxygens (including phenoxy) is 2. The van der Waals surface area contributed by atoms with Crippen molar-refractivity contribution in [1.82, 2.24) is 10.2 Å². The van der Waals surface area contributed by atoms with Crippen LogP contribution in [0.25, 0.3) is 0 Å². The molecule has 4 aliphatic carbocycles. The van der Waals surface area contributed by atoms with Gasteiger partial charge in [0.25, 0.3) is 0 Å². The van der Waals surface area contributed by atoms with E-state index in [2.05, 4.69) is 76.1 Å². The minimum atomic E-state index is 0.444. The van der Waals surface area contributed by atoms with Gasteiger partial charge in [-0.05, 0) is 142 Å². The summed E-state index contributed by atoms with van der Waals surface area (Å²) < 4.78 is 13.6. The Kier molecular flexibility index (Phi) is 9.05. The number of likely N-dealkylation sites (N-methyl/N-ethyl adjacent to an activating group) is 1. The van der Waals surface area contributed by atoms with E-state index in [9.17, 15) is 0 Å². The largest absolute Gasteiger partial charge is 0.374 e. The van der Waals surface area contributed by atoms with Crippen molar-refractivity contribution in [2.75, 3.05) is 26.7 Å². The van der Waals surface area contributed by atoms with Gasteiger partial charge in [0.05, 0.1) is 24.9 Å². The monoisotopic (exact) mass is 604 g/mol. The number of piperazine rings is 1. The van der Waals surface area contributed by atoms with Gasteiger partial charge in [-0.1, -0.05) is 57.5 Å². The minimum absolute atomic E-state index is 0.444. The molecule has 0 radical (unpaired) electrons. The van der Waals surface area contributed by atoms with E-state index in [0.717, 1.165) is 55.2 Å². The van der Waals surface area contributed by atoms with Crippen LogP contribution in [0.1, 0.15) is 109 Å². The Hall–Kier alpha value is -0.940. The summed E-state index contributed by atoms with van der Waals surface area (Å²) in [5.41, 5.74) is 3.65. The maximum atomic E-state index is 7.07. The Labute approximate surface area is 269 Å². The van der Waals surface area contributed by atoms with Gasteiger partial charge in [-0.2, -0.15) is 0 Å². The highest BCUT2D eigenvalue weighted by molar-refractivity contribution is 5.20. The Morgan fingerprint density at radius 1 is 1.02 bits per heavy atom. The Morgan fingerprint density at radius 2 is 1.82 bits per heavy atom. The van der Waals surface area contributed by atoms with Gasteiger partial charge in [-0.25, -0.2) is 0 Å². The molecule has 1 unspecified atom stereocenters. The van der Waals surface area contributed by atoms with E-state index >= 15 is 0 Å². The van der Waals surface area contributed by atoms with Crippen LogP contribution in [0.15, 0.2) is 24.3 Å². The number of benzene rings is 1. The zero-order valence-corrected chi connectivity index (χ0v) is 29.0. The average molecular weight is 605 g/mol. The summed E-state index contributed by atoms with van der Waals surface area (Å²) >= 11 is 0. The molecule has 7 rings (SSSR count). The first-order valence-electron chi connectivity index (χ1n) is 18.9. The Bertz CT molecular complexity index is 1120. The van der Waals surface area contributed by atoms with Gasteiger partial charge in [-0.3, -0.25) is 0 Å². The van der Waals surface area contributed by atoms with E-state index in [-0.39, 0.29) is 0 Å². The van der Waals surface area contributed by atoms with Gasteiger partial charge in [0.2, 0.25) is 0 Å². The molecule has 1 aromatic carbocycles. The van der Waals surface area contributed by atoms with Crippen molar-refractivity contribution in [1.29, 1.82) is 0 Å². The normalized spacial score (nSPS) is 46.1. The van der Waals surface area contributed by atoms with Gasteiger partial charge in [-0.15, -0.1) is 0 Å². The third-order valence-corrected chi connectivity index (χ3v) is 15.1. The molecule has 4 saturated carbocycles. The number of rotatable bonds is 8. The van der Waals surface area contributed by atoms with Gasteiger partial charge in [0.15, 0.2) is 0 Å². The van der Waals surface area contributed by atoms with E-state index in [1.807, 2.05) is 0 Å². The summed E-state index contributed by atoms with van der Waals surface area (Å²) in [6.07, 6.45) is 16.4. The molecule has 1 N–H and O–H groups in total. The molecule has 0 spiro atoms. The first-order chi connectivity index (χ1) is 21.2. The van der Waals surface area contributed by atoms with Crippen molar-refractivity contribution < 1.29 is 9.47 Å². The molecule has 2 saturated heterocycles. The predicted octanol–water partition coefficient (Wildman–Crippen LogP) is 8.26. The molecule has 2 heterocycles. The first-order valence-corrected chi connectivity index (χ1v) is 18.9. The maximum Gasteiger partial charge on any atom is 0.0720 e. The number of nitrogens with one attached hydrogen (secondary N) is 1. The predicted molar refractivity (Wildman–Crippen MR) is 180 cm³/mol.